The van der Waals surface area contributed by atoms with E-state index in [9.17, 15) is 39.9 Å². The zero-order valence-corrected chi connectivity index (χ0v) is 21.4. The fourth-order valence-corrected chi connectivity index (χ4v) is 4.27. The van der Waals surface area contributed by atoms with Crippen LogP contribution in [-0.4, -0.2) is 75.8 Å². The minimum absolute atomic E-state index is 0.112. The summed E-state index contributed by atoms with van der Waals surface area (Å²) >= 11 is 0. The summed E-state index contributed by atoms with van der Waals surface area (Å²) in [5.41, 5.74) is -1.42. The van der Waals surface area contributed by atoms with Crippen LogP contribution in [-0.2, 0) is 28.5 Å². The molecule has 1 aliphatic rings. The molecule has 2 heterocycles. The molecule has 4 atom stereocenters. The molecule has 4 rings (SSSR count). The molecule has 1 saturated heterocycles. The number of aromatic hydroxyl groups is 5. The predicted octanol–water partition coefficient (Wildman–Crippen LogP) is 1.99. The lowest BCUT2D eigenvalue weighted by Crippen LogP contribution is -2.54. The number of phenols is 5. The summed E-state index contributed by atoms with van der Waals surface area (Å²) in [5, 5.41) is 49.9. The average Bonchev–Trinajstić information content (AvgIpc) is 2.87. The Balaban J connectivity index is 1.90. The molecular weight excluding hydrogens is 536 g/mol. The Morgan fingerprint density at radius 1 is 0.975 bits per heavy atom. The molecule has 14 heteroatoms. The fraction of sp³-hybridized carbons (Fsp3) is 0.346. The number of carbonyl (C=O) groups is 2. The van der Waals surface area contributed by atoms with Crippen LogP contribution < -0.4 is 10.2 Å². The van der Waals surface area contributed by atoms with Crippen molar-refractivity contribution >= 4 is 22.9 Å². The number of esters is 2. The number of hydrogen-bond acceptors (Lipinski definition) is 14. The van der Waals surface area contributed by atoms with E-state index in [1.165, 1.54) is 14.0 Å². The maximum absolute atomic E-state index is 13.7. The zero-order chi connectivity index (χ0) is 29.3. The van der Waals surface area contributed by atoms with Crippen LogP contribution in [0.4, 0.5) is 0 Å². The largest absolute Gasteiger partial charge is 0.508 e. The molecule has 5 N–H and O–H groups in total. The Labute approximate surface area is 225 Å². The summed E-state index contributed by atoms with van der Waals surface area (Å²) in [6.07, 6.45) is -4.35. The number of phenolic OH excluding ortho intramolecular Hbond substituents is 5. The van der Waals surface area contributed by atoms with Gasteiger partial charge in [0.25, 0.3) is 0 Å². The molecule has 0 aliphatic carbocycles. The van der Waals surface area contributed by atoms with Gasteiger partial charge in [-0.3, -0.25) is 14.4 Å². The quantitative estimate of drug-likeness (QED) is 0.206. The van der Waals surface area contributed by atoms with E-state index in [0.717, 1.165) is 31.2 Å². The van der Waals surface area contributed by atoms with E-state index in [1.54, 1.807) is 0 Å². The van der Waals surface area contributed by atoms with Crippen LogP contribution in [0, 0.1) is 0 Å². The molecule has 1 fully saturated rings. The first-order valence-corrected chi connectivity index (χ1v) is 11.8. The lowest BCUT2D eigenvalue weighted by Gasteiger charge is -2.39. The number of rotatable bonds is 7. The van der Waals surface area contributed by atoms with Crippen molar-refractivity contribution in [2.24, 2.45) is 0 Å². The number of carbonyl (C=O) groups excluding carboxylic acids is 2. The van der Waals surface area contributed by atoms with Crippen molar-refractivity contribution in [2.75, 3.05) is 13.7 Å². The smallest absolute Gasteiger partial charge is 0.303 e. The SMILES string of the molecule is COC1CC(COC(C)=O)OC(Oc2c(-c3cc(O)c(O)c(O)c3)oc3cc(O)cc(O)c3c2=O)[C@@H]1OC(C)=O. The van der Waals surface area contributed by atoms with Crippen LogP contribution in [0.2, 0.25) is 0 Å². The summed E-state index contributed by atoms with van der Waals surface area (Å²) < 4.78 is 33.4. The summed E-state index contributed by atoms with van der Waals surface area (Å²) in [6, 6.07) is 3.86. The Morgan fingerprint density at radius 3 is 2.25 bits per heavy atom. The number of hydrogen-bond donors (Lipinski definition) is 5. The molecule has 40 heavy (non-hydrogen) atoms. The first-order chi connectivity index (χ1) is 18.9. The minimum atomic E-state index is -1.55. The van der Waals surface area contributed by atoms with Gasteiger partial charge in [0.15, 0.2) is 29.1 Å². The fourth-order valence-electron chi connectivity index (χ4n) is 4.27. The number of methoxy groups -OCH3 is 1. The molecule has 3 aromatic rings. The maximum Gasteiger partial charge on any atom is 0.303 e. The van der Waals surface area contributed by atoms with Gasteiger partial charge < -0.3 is 53.6 Å². The lowest BCUT2D eigenvalue weighted by atomic mass is 10.0. The van der Waals surface area contributed by atoms with Gasteiger partial charge in [-0.25, -0.2) is 0 Å². The first kappa shape index (κ1) is 28.3. The van der Waals surface area contributed by atoms with Crippen LogP contribution in [0.5, 0.6) is 34.5 Å². The minimum Gasteiger partial charge on any atom is -0.508 e. The normalized spacial score (nSPS) is 20.7. The molecule has 214 valence electrons. The molecule has 14 nitrogen and oxygen atoms in total. The predicted molar refractivity (Wildman–Crippen MR) is 133 cm³/mol. The lowest BCUT2D eigenvalue weighted by molar-refractivity contribution is -0.254. The van der Waals surface area contributed by atoms with Gasteiger partial charge in [-0.15, -0.1) is 0 Å². The van der Waals surface area contributed by atoms with E-state index in [-0.39, 0.29) is 24.2 Å². The third-order valence-corrected chi connectivity index (χ3v) is 6.02. The molecule has 0 bridgehead atoms. The van der Waals surface area contributed by atoms with Gasteiger partial charge >= 0.3 is 11.9 Å². The van der Waals surface area contributed by atoms with E-state index in [0.29, 0.717) is 0 Å². The van der Waals surface area contributed by atoms with Gasteiger partial charge in [0, 0.05) is 45.1 Å². The van der Waals surface area contributed by atoms with E-state index < -0.39 is 87.6 Å². The highest BCUT2D eigenvalue weighted by molar-refractivity contribution is 5.88. The molecule has 1 aliphatic heterocycles. The van der Waals surface area contributed by atoms with Crippen LogP contribution >= 0.6 is 0 Å². The van der Waals surface area contributed by atoms with Gasteiger partial charge in [-0.05, 0) is 12.1 Å². The summed E-state index contributed by atoms with van der Waals surface area (Å²) in [5.74, 6) is -5.82. The molecule has 0 amide bonds. The van der Waals surface area contributed by atoms with Gasteiger partial charge in [0.05, 0.1) is 6.10 Å². The summed E-state index contributed by atoms with van der Waals surface area (Å²) in [6.45, 7) is 2.11. The van der Waals surface area contributed by atoms with Crippen molar-refractivity contribution < 1.29 is 63.2 Å². The third kappa shape index (κ3) is 5.67. The highest BCUT2D eigenvalue weighted by Crippen LogP contribution is 2.43. The van der Waals surface area contributed by atoms with Gasteiger partial charge in [-0.1, -0.05) is 0 Å². The van der Waals surface area contributed by atoms with Crippen molar-refractivity contribution in [3.63, 3.8) is 0 Å². The van der Waals surface area contributed by atoms with Crippen molar-refractivity contribution in [1.29, 1.82) is 0 Å². The summed E-state index contributed by atoms with van der Waals surface area (Å²) in [4.78, 5) is 36.9. The second-order valence-corrected chi connectivity index (χ2v) is 8.92. The molecule has 0 spiro atoms. The number of benzene rings is 2. The number of ether oxygens (including phenoxy) is 5. The second kappa shape index (κ2) is 11.2. The van der Waals surface area contributed by atoms with Crippen molar-refractivity contribution in [2.45, 2.75) is 44.9 Å². The average molecular weight is 562 g/mol. The van der Waals surface area contributed by atoms with Crippen LogP contribution in [0.1, 0.15) is 20.3 Å². The standard InChI is InChI=1S/C26H26O14/c1-10(27)36-9-14-8-19(35-3)24(37-11(2)28)26(38-14)40-25-22(34)20-15(30)6-13(29)7-18(20)39-23(25)12-4-16(31)21(33)17(32)5-12/h4-7,14,19,24,26,29-33H,8-9H2,1-3H3/t14?,19?,24-,26?/m1/s1. The Hall–Kier alpha value is -4.69. The maximum atomic E-state index is 13.7. The monoisotopic (exact) mass is 562 g/mol. The molecule has 0 radical (unpaired) electrons. The highest BCUT2D eigenvalue weighted by atomic mass is 16.7. The molecule has 0 saturated carbocycles. The van der Waals surface area contributed by atoms with E-state index in [2.05, 4.69) is 0 Å². The van der Waals surface area contributed by atoms with Gasteiger partial charge in [0.1, 0.15) is 35.2 Å². The van der Waals surface area contributed by atoms with Gasteiger partial charge in [-0.2, -0.15) is 0 Å². The molecule has 1 aromatic heterocycles. The number of fused-ring (bicyclic) bond motifs is 1. The van der Waals surface area contributed by atoms with Crippen molar-refractivity contribution in [3.8, 4) is 45.8 Å². The van der Waals surface area contributed by atoms with E-state index in [4.69, 9.17) is 28.1 Å². The molecule has 2 aromatic carbocycles. The topological polar surface area (TPSA) is 212 Å². The van der Waals surface area contributed by atoms with Crippen molar-refractivity contribution in [3.05, 3.63) is 34.5 Å². The molecular formula is C26H26O14. The van der Waals surface area contributed by atoms with E-state index in [1.807, 2.05) is 0 Å². The second-order valence-electron chi connectivity index (χ2n) is 8.92. The third-order valence-electron chi connectivity index (χ3n) is 6.02. The Bertz CT molecular complexity index is 1490. The summed E-state index contributed by atoms with van der Waals surface area (Å²) in [7, 11) is 1.34. The Kier molecular flexibility index (Phi) is 7.93. The Morgan fingerprint density at radius 2 is 1.65 bits per heavy atom. The van der Waals surface area contributed by atoms with E-state index >= 15 is 0 Å². The first-order valence-electron chi connectivity index (χ1n) is 11.8. The van der Waals surface area contributed by atoms with Crippen LogP contribution in [0.15, 0.2) is 33.5 Å². The highest BCUT2D eigenvalue weighted by Gasteiger charge is 2.44. The molecule has 3 unspecified atom stereocenters. The van der Waals surface area contributed by atoms with Crippen molar-refractivity contribution in [1.82, 2.24) is 0 Å². The van der Waals surface area contributed by atoms with Gasteiger partial charge in [0.2, 0.25) is 17.5 Å². The zero-order valence-electron chi connectivity index (χ0n) is 21.4. The van der Waals surface area contributed by atoms with Crippen LogP contribution in [0.3, 0.4) is 0 Å². The van der Waals surface area contributed by atoms with Crippen LogP contribution in [0.25, 0.3) is 22.3 Å².